The van der Waals surface area contributed by atoms with Crippen LogP contribution in [0.3, 0.4) is 0 Å². The van der Waals surface area contributed by atoms with E-state index in [1.807, 2.05) is 6.08 Å². The minimum Gasteiger partial charge on any atom is -0.332 e. The number of likely N-dealkylation sites (tertiary alicyclic amines) is 1. The van der Waals surface area contributed by atoms with Crippen LogP contribution in [-0.2, 0) is 0 Å². The summed E-state index contributed by atoms with van der Waals surface area (Å²) in [6.07, 6.45) is 4.85. The molecule has 1 nitrogen and oxygen atoms in total. The van der Waals surface area contributed by atoms with E-state index in [1.54, 1.807) is 4.90 Å². The van der Waals surface area contributed by atoms with Crippen molar-refractivity contribution in [3.8, 4) is 0 Å². The quantitative estimate of drug-likeness (QED) is 0.474. The predicted molar refractivity (Wildman–Crippen MR) is 35.0 cm³/mol. The van der Waals surface area contributed by atoms with Crippen LogP contribution >= 0.6 is 0 Å². The third-order valence-electron chi connectivity index (χ3n) is 1.74. The zero-order valence-electron chi connectivity index (χ0n) is 5.32. The molecule has 1 fully saturated rings. The molecule has 0 bridgehead atoms. The van der Waals surface area contributed by atoms with Gasteiger partial charge in [0.15, 0.2) is 0 Å². The fourth-order valence-corrected chi connectivity index (χ4v) is 1.28. The van der Waals surface area contributed by atoms with E-state index < -0.39 is 0 Å². The minimum absolute atomic E-state index is 1.17. The van der Waals surface area contributed by atoms with E-state index in [2.05, 4.69) is 6.58 Å². The van der Waals surface area contributed by atoms with E-state index in [1.165, 1.54) is 32.5 Å². The summed E-state index contributed by atoms with van der Waals surface area (Å²) in [4.78, 5) is 1.71. The molecule has 0 atom stereocenters. The number of rotatable bonds is 2. The lowest BCUT2D eigenvalue weighted by Gasteiger charge is -2.06. The van der Waals surface area contributed by atoms with Gasteiger partial charge in [0.1, 0.15) is 0 Å². The van der Waals surface area contributed by atoms with Crippen molar-refractivity contribution in [2.24, 2.45) is 0 Å². The Labute approximate surface area is 51.0 Å². The first-order chi connectivity index (χ1) is 3.93. The summed E-state index contributed by atoms with van der Waals surface area (Å²) in [6, 6.07) is 0. The van der Waals surface area contributed by atoms with E-state index in [9.17, 15) is 0 Å². The summed E-state index contributed by atoms with van der Waals surface area (Å²) in [5.74, 6) is 0. The first-order valence-corrected chi connectivity index (χ1v) is 3.38. The van der Waals surface area contributed by atoms with Crippen LogP contribution in [0.4, 0.5) is 0 Å². The number of hydrogen-bond acceptors (Lipinski definition) is 0. The maximum absolute atomic E-state index is 3.70. The highest BCUT2D eigenvalue weighted by molar-refractivity contribution is 4.63. The van der Waals surface area contributed by atoms with Gasteiger partial charge in [0.25, 0.3) is 0 Å². The normalized spacial score (nSPS) is 21.5. The second-order valence-corrected chi connectivity index (χ2v) is 2.45. The molecule has 1 heteroatoms. The van der Waals surface area contributed by atoms with Crippen molar-refractivity contribution in [3.63, 3.8) is 0 Å². The smallest absolute Gasteiger partial charge is 0.0955 e. The van der Waals surface area contributed by atoms with Crippen molar-refractivity contribution in [1.29, 1.82) is 0 Å². The lowest BCUT2D eigenvalue weighted by molar-refractivity contribution is -0.881. The molecular weight excluding hydrogens is 98.1 g/mol. The van der Waals surface area contributed by atoms with Crippen molar-refractivity contribution >= 4 is 0 Å². The monoisotopic (exact) mass is 112 g/mol. The molecule has 1 rings (SSSR count). The summed E-state index contributed by atoms with van der Waals surface area (Å²) in [5.41, 5.74) is 0. The Kier molecular flexibility index (Phi) is 2.10. The Morgan fingerprint density at radius 3 is 2.50 bits per heavy atom. The van der Waals surface area contributed by atoms with Crippen LogP contribution in [0.5, 0.6) is 0 Å². The SMILES string of the molecule is C=CC[NH+]1CCCC1. The Bertz CT molecular complexity index is 72.5. The molecule has 0 amide bonds. The summed E-state index contributed by atoms with van der Waals surface area (Å²) < 4.78 is 0. The van der Waals surface area contributed by atoms with Gasteiger partial charge in [0.2, 0.25) is 0 Å². The topological polar surface area (TPSA) is 4.44 Å². The molecule has 1 aliphatic heterocycles. The number of nitrogens with one attached hydrogen (secondary N) is 1. The van der Waals surface area contributed by atoms with Crippen LogP contribution < -0.4 is 4.90 Å². The van der Waals surface area contributed by atoms with Gasteiger partial charge < -0.3 is 4.90 Å². The fraction of sp³-hybridized carbons (Fsp3) is 0.714. The third kappa shape index (κ3) is 1.34. The van der Waals surface area contributed by atoms with Gasteiger partial charge in [-0.25, -0.2) is 0 Å². The first kappa shape index (κ1) is 5.83. The molecule has 1 heterocycles. The van der Waals surface area contributed by atoms with Gasteiger partial charge in [0.05, 0.1) is 19.6 Å². The fourth-order valence-electron chi connectivity index (χ4n) is 1.28. The Balaban J connectivity index is 2.14. The van der Waals surface area contributed by atoms with Crippen molar-refractivity contribution in [1.82, 2.24) is 0 Å². The highest BCUT2D eigenvalue weighted by atomic mass is 15.1. The first-order valence-electron chi connectivity index (χ1n) is 3.38. The average molecular weight is 112 g/mol. The lowest BCUT2D eigenvalue weighted by Crippen LogP contribution is -3.09. The van der Waals surface area contributed by atoms with Gasteiger partial charge in [-0.1, -0.05) is 6.58 Å². The largest absolute Gasteiger partial charge is 0.332 e. The Morgan fingerprint density at radius 2 is 2.00 bits per heavy atom. The van der Waals surface area contributed by atoms with Crippen molar-refractivity contribution in [3.05, 3.63) is 12.7 Å². The van der Waals surface area contributed by atoms with Crippen LogP contribution in [0, 0.1) is 0 Å². The highest BCUT2D eigenvalue weighted by Gasteiger charge is 2.11. The molecular formula is C7H14N+. The van der Waals surface area contributed by atoms with E-state index in [4.69, 9.17) is 0 Å². The molecule has 0 radical (unpaired) electrons. The Hall–Kier alpha value is -0.300. The second-order valence-electron chi connectivity index (χ2n) is 2.45. The number of hydrogen-bond donors (Lipinski definition) is 1. The molecule has 1 saturated heterocycles. The molecule has 0 aromatic carbocycles. The van der Waals surface area contributed by atoms with Crippen LogP contribution in [0.15, 0.2) is 12.7 Å². The maximum atomic E-state index is 3.70. The van der Waals surface area contributed by atoms with Crippen LogP contribution in [0.2, 0.25) is 0 Å². The van der Waals surface area contributed by atoms with Gasteiger partial charge in [-0.05, 0) is 6.08 Å². The van der Waals surface area contributed by atoms with Crippen LogP contribution in [-0.4, -0.2) is 19.6 Å². The third-order valence-corrected chi connectivity index (χ3v) is 1.74. The highest BCUT2D eigenvalue weighted by Crippen LogP contribution is 1.86. The average Bonchev–Trinajstić information content (AvgIpc) is 2.19. The van der Waals surface area contributed by atoms with Gasteiger partial charge >= 0.3 is 0 Å². The second kappa shape index (κ2) is 2.88. The summed E-state index contributed by atoms with van der Waals surface area (Å²) in [6.45, 7) is 7.60. The zero-order chi connectivity index (χ0) is 5.82. The molecule has 0 aromatic heterocycles. The number of quaternary nitrogens is 1. The molecule has 0 aliphatic carbocycles. The van der Waals surface area contributed by atoms with Gasteiger partial charge in [-0.3, -0.25) is 0 Å². The maximum Gasteiger partial charge on any atom is 0.0955 e. The molecule has 8 heavy (non-hydrogen) atoms. The molecule has 46 valence electrons. The molecule has 0 saturated carbocycles. The van der Waals surface area contributed by atoms with E-state index in [0.717, 1.165) is 0 Å². The molecule has 1 N–H and O–H groups in total. The molecule has 1 aliphatic rings. The standard InChI is InChI=1S/C7H13N/c1-2-5-8-6-3-4-7-8/h2H,1,3-7H2/p+1. The predicted octanol–water partition coefficient (Wildman–Crippen LogP) is -0.149. The minimum atomic E-state index is 1.17. The van der Waals surface area contributed by atoms with E-state index in [0.29, 0.717) is 0 Å². The van der Waals surface area contributed by atoms with Gasteiger partial charge in [-0.2, -0.15) is 0 Å². The van der Waals surface area contributed by atoms with Crippen molar-refractivity contribution in [2.45, 2.75) is 12.8 Å². The molecule has 0 unspecified atom stereocenters. The molecule has 0 spiro atoms. The molecule has 0 aromatic rings. The van der Waals surface area contributed by atoms with Crippen molar-refractivity contribution in [2.75, 3.05) is 19.6 Å². The van der Waals surface area contributed by atoms with Gasteiger partial charge in [-0.15, -0.1) is 0 Å². The van der Waals surface area contributed by atoms with Crippen LogP contribution in [0.1, 0.15) is 12.8 Å². The summed E-state index contributed by atoms with van der Waals surface area (Å²) >= 11 is 0. The van der Waals surface area contributed by atoms with E-state index >= 15 is 0 Å². The lowest BCUT2D eigenvalue weighted by atomic mass is 10.4. The summed E-state index contributed by atoms with van der Waals surface area (Å²) in [7, 11) is 0. The van der Waals surface area contributed by atoms with E-state index in [-0.39, 0.29) is 0 Å². The summed E-state index contributed by atoms with van der Waals surface area (Å²) in [5, 5.41) is 0. The zero-order valence-corrected chi connectivity index (χ0v) is 5.32. The van der Waals surface area contributed by atoms with Crippen molar-refractivity contribution < 1.29 is 4.90 Å². The van der Waals surface area contributed by atoms with Crippen LogP contribution in [0.25, 0.3) is 0 Å². The Morgan fingerprint density at radius 1 is 1.38 bits per heavy atom. The van der Waals surface area contributed by atoms with Gasteiger partial charge in [0, 0.05) is 12.8 Å².